The number of aryl methyl sites for hydroxylation is 1. The van der Waals surface area contributed by atoms with Gasteiger partial charge in [-0.3, -0.25) is 0 Å². The summed E-state index contributed by atoms with van der Waals surface area (Å²) in [6.07, 6.45) is 0. The smallest absolute Gasteiger partial charge is 0.213 e. The molecule has 0 spiro atoms. The number of hydrogen-bond donors (Lipinski definition) is 0. The molecule has 0 saturated carbocycles. The Labute approximate surface area is 184 Å². The monoisotopic (exact) mass is 405 g/mol. The minimum atomic E-state index is 0.354. The molecule has 0 fully saturated rings. The van der Waals surface area contributed by atoms with E-state index in [2.05, 4.69) is 10.9 Å². The molecule has 5 rings (SSSR count). The average molecular weight is 406 g/mol. The minimum absolute atomic E-state index is 0.354. The Morgan fingerprint density at radius 3 is 2.48 bits per heavy atom. The third-order valence-electron chi connectivity index (χ3n) is 5.92. The summed E-state index contributed by atoms with van der Waals surface area (Å²) in [4.78, 5) is 3.74. The lowest BCUT2D eigenvalue weighted by Crippen LogP contribution is -2.35. The first kappa shape index (κ1) is 16.8. The van der Waals surface area contributed by atoms with Gasteiger partial charge in [-0.2, -0.15) is 4.57 Å². The van der Waals surface area contributed by atoms with Gasteiger partial charge in [0, 0.05) is 35.3 Å². The normalized spacial score (nSPS) is 12.1. The number of hydrogen-bond acceptors (Lipinski definition) is 1. The van der Waals surface area contributed by atoms with Crippen molar-refractivity contribution in [2.45, 2.75) is 20.8 Å². The Morgan fingerprint density at radius 2 is 1.74 bits per heavy atom. The van der Waals surface area contributed by atoms with Crippen LogP contribution in [0.2, 0.25) is 0 Å². The quantitative estimate of drug-likeness (QED) is 0.224. The van der Waals surface area contributed by atoms with Crippen LogP contribution in [-0.4, -0.2) is 0 Å². The van der Waals surface area contributed by atoms with Crippen LogP contribution in [0.4, 0.5) is 5.69 Å². The Balaban J connectivity index is 1.85. The van der Waals surface area contributed by atoms with Gasteiger partial charge in [0.1, 0.15) is 18.2 Å². The van der Waals surface area contributed by atoms with Crippen LogP contribution in [0.15, 0.2) is 71.1 Å². The van der Waals surface area contributed by atoms with E-state index in [1.165, 1.54) is 0 Å². The highest BCUT2D eigenvalue weighted by Crippen LogP contribution is 2.42. The Kier molecular flexibility index (Phi) is 3.86. The Bertz CT molecular complexity index is 1600. The topological polar surface area (TPSA) is 21.4 Å². The Hall–Kier alpha value is -3.90. The van der Waals surface area contributed by atoms with Crippen molar-refractivity contribution in [2.75, 3.05) is 0 Å². The van der Waals surface area contributed by atoms with Crippen LogP contribution in [0.3, 0.4) is 0 Å². The fraction of sp³-hybridized carbons (Fsp3) is 0.143. The summed E-state index contributed by atoms with van der Waals surface area (Å²) in [6, 6.07) is 18.5. The highest BCUT2D eigenvalue weighted by molar-refractivity contribution is 6.13. The largest absolute Gasteiger partial charge is 0.457 e. The number of fused-ring (bicyclic) bond motifs is 3. The zero-order chi connectivity index (χ0) is 23.4. The number of furan rings is 1. The molecule has 0 saturated heterocycles. The van der Waals surface area contributed by atoms with Crippen LogP contribution in [0.1, 0.15) is 19.6 Å². The first-order valence-electron chi connectivity index (χ1n) is 11.2. The van der Waals surface area contributed by atoms with E-state index >= 15 is 0 Å². The highest BCUT2D eigenvalue weighted by atomic mass is 16.3. The summed E-state index contributed by atoms with van der Waals surface area (Å²) in [5, 5.41) is 1.95. The van der Waals surface area contributed by atoms with Gasteiger partial charge in [0.15, 0.2) is 11.4 Å². The summed E-state index contributed by atoms with van der Waals surface area (Å²) < 4.78 is 25.3. The molecule has 2 aromatic heterocycles. The van der Waals surface area contributed by atoms with E-state index in [4.69, 9.17) is 13.7 Å². The number of aromatic nitrogens is 1. The van der Waals surface area contributed by atoms with E-state index in [1.54, 1.807) is 0 Å². The van der Waals surface area contributed by atoms with Gasteiger partial charge in [0.25, 0.3) is 0 Å². The van der Waals surface area contributed by atoms with Crippen LogP contribution in [-0.2, 0) is 7.05 Å². The number of rotatable bonds is 2. The SMILES string of the molecule is [2H]c1c(C)c([2H])c(-c2cc3oc4c(-c5ccccc5)c([N+]#[C-])ccc4c3cc2C)[n+](C)c1C. The van der Waals surface area contributed by atoms with Crippen molar-refractivity contribution in [3.05, 3.63) is 94.9 Å². The Morgan fingerprint density at radius 1 is 0.968 bits per heavy atom. The molecule has 0 radical (unpaired) electrons. The summed E-state index contributed by atoms with van der Waals surface area (Å²) in [6.45, 7) is 13.4. The third kappa shape index (κ3) is 3.00. The number of benzene rings is 3. The van der Waals surface area contributed by atoms with Gasteiger partial charge in [0.2, 0.25) is 5.69 Å². The summed E-state index contributed by atoms with van der Waals surface area (Å²) >= 11 is 0. The van der Waals surface area contributed by atoms with E-state index in [1.807, 2.05) is 80.9 Å². The molecule has 0 aliphatic rings. The van der Waals surface area contributed by atoms with E-state index < -0.39 is 0 Å². The molecule has 150 valence electrons. The molecule has 0 aliphatic heterocycles. The third-order valence-corrected chi connectivity index (χ3v) is 5.92. The highest BCUT2D eigenvalue weighted by Gasteiger charge is 2.20. The molecule has 5 aromatic rings. The van der Waals surface area contributed by atoms with E-state index in [-0.39, 0.29) is 0 Å². The first-order chi connectivity index (χ1) is 15.8. The first-order valence-corrected chi connectivity index (χ1v) is 10.2. The molecule has 0 aliphatic carbocycles. The minimum Gasteiger partial charge on any atom is -0.457 e. The second-order valence-electron chi connectivity index (χ2n) is 7.95. The lowest BCUT2D eigenvalue weighted by molar-refractivity contribution is -0.666. The maximum Gasteiger partial charge on any atom is 0.213 e. The second-order valence-corrected chi connectivity index (χ2v) is 7.95. The molecule has 3 nitrogen and oxygen atoms in total. The van der Waals surface area contributed by atoms with Crippen LogP contribution < -0.4 is 4.57 Å². The number of pyridine rings is 1. The molecule has 3 heteroatoms. The van der Waals surface area contributed by atoms with Crippen LogP contribution >= 0.6 is 0 Å². The predicted octanol–water partition coefficient (Wildman–Crippen LogP) is 7.22. The standard InChI is InChI=1S/C28H23N2O/c1-17-13-19(3)30(5)25(14-17)22-16-26-23(15-18(22)2)21-11-12-24(29-4)27(28(21)31-26)20-9-7-6-8-10-20/h6-16H,1-3,5H3/q+1/i13D,14D. The van der Waals surface area contributed by atoms with Crippen molar-refractivity contribution in [2.24, 2.45) is 7.05 Å². The van der Waals surface area contributed by atoms with Crippen molar-refractivity contribution in [1.29, 1.82) is 0 Å². The fourth-order valence-electron chi connectivity index (χ4n) is 4.28. The van der Waals surface area contributed by atoms with E-state index in [9.17, 15) is 0 Å². The van der Waals surface area contributed by atoms with Gasteiger partial charge >= 0.3 is 0 Å². The molecule has 2 heterocycles. The van der Waals surface area contributed by atoms with Crippen molar-refractivity contribution in [3.8, 4) is 22.4 Å². The van der Waals surface area contributed by atoms with Gasteiger partial charge < -0.3 is 4.42 Å². The second kappa shape index (κ2) is 7.11. The van der Waals surface area contributed by atoms with Gasteiger partial charge in [0.05, 0.1) is 14.9 Å². The predicted molar refractivity (Wildman–Crippen MR) is 126 cm³/mol. The molecule has 0 amide bonds. The summed E-state index contributed by atoms with van der Waals surface area (Å²) in [5.74, 6) is 0. The van der Waals surface area contributed by atoms with Gasteiger partial charge in [-0.15, -0.1) is 0 Å². The maximum absolute atomic E-state index is 8.72. The lowest BCUT2D eigenvalue weighted by atomic mass is 9.98. The van der Waals surface area contributed by atoms with Gasteiger partial charge in [-0.1, -0.05) is 42.5 Å². The van der Waals surface area contributed by atoms with Gasteiger partial charge in [-0.25, -0.2) is 4.85 Å². The van der Waals surface area contributed by atoms with Crippen LogP contribution in [0, 0.1) is 27.3 Å². The average Bonchev–Trinajstić information content (AvgIpc) is 3.18. The molecule has 0 unspecified atom stereocenters. The lowest BCUT2D eigenvalue weighted by Gasteiger charge is -2.07. The van der Waals surface area contributed by atoms with Crippen molar-refractivity contribution in [3.63, 3.8) is 0 Å². The molecule has 0 N–H and O–H groups in total. The van der Waals surface area contributed by atoms with Crippen LogP contribution in [0.25, 0.3) is 49.2 Å². The zero-order valence-electron chi connectivity index (χ0n) is 20.0. The summed E-state index contributed by atoms with van der Waals surface area (Å²) in [7, 11) is 1.90. The van der Waals surface area contributed by atoms with Crippen LogP contribution in [0.5, 0.6) is 0 Å². The zero-order valence-corrected chi connectivity index (χ0v) is 18.0. The molecular formula is C28H23N2O+. The van der Waals surface area contributed by atoms with E-state index in [0.717, 1.165) is 50.0 Å². The molecular weight excluding hydrogens is 380 g/mol. The van der Waals surface area contributed by atoms with Crippen molar-refractivity contribution < 1.29 is 11.7 Å². The summed E-state index contributed by atoms with van der Waals surface area (Å²) in [5.41, 5.74) is 7.91. The number of nitrogens with zero attached hydrogens (tertiary/aromatic N) is 2. The molecule has 0 bridgehead atoms. The molecule has 3 aromatic carbocycles. The maximum atomic E-state index is 8.72. The van der Waals surface area contributed by atoms with Crippen molar-refractivity contribution in [1.82, 2.24) is 0 Å². The molecule has 31 heavy (non-hydrogen) atoms. The molecule has 0 atom stereocenters. The van der Waals surface area contributed by atoms with E-state index in [0.29, 0.717) is 28.9 Å². The fourth-order valence-corrected chi connectivity index (χ4v) is 4.28. The van der Waals surface area contributed by atoms with Crippen molar-refractivity contribution >= 4 is 27.6 Å². The van der Waals surface area contributed by atoms with Gasteiger partial charge in [-0.05, 0) is 42.7 Å².